The lowest BCUT2D eigenvalue weighted by molar-refractivity contribution is 0.423. The van der Waals surface area contributed by atoms with Gasteiger partial charge >= 0.3 is 0 Å². The summed E-state index contributed by atoms with van der Waals surface area (Å²) in [6, 6.07) is 0.895. The van der Waals surface area contributed by atoms with Gasteiger partial charge in [0.2, 0.25) is 0 Å². The molecule has 3 unspecified atom stereocenters. The summed E-state index contributed by atoms with van der Waals surface area (Å²) >= 11 is 0. The summed E-state index contributed by atoms with van der Waals surface area (Å²) in [5, 5.41) is 0. The lowest BCUT2D eigenvalue weighted by Crippen LogP contribution is -2.13. The molecule has 2 heteroatoms. The van der Waals surface area contributed by atoms with Crippen molar-refractivity contribution in [3.05, 3.63) is 0 Å². The number of hydrogen-bond donors (Lipinski definition) is 0. The molecule has 3 atom stereocenters. The third-order valence-corrected chi connectivity index (χ3v) is 3.39. The monoisotopic (exact) mass is 252 g/mol. The molecule has 0 aromatic rings. The molecule has 0 N–H and O–H groups in total. The Morgan fingerprint density at radius 2 is 1.11 bits per heavy atom. The van der Waals surface area contributed by atoms with E-state index in [0.29, 0.717) is 18.0 Å². The van der Waals surface area contributed by atoms with Gasteiger partial charge in [0.05, 0.1) is 0 Å². The zero-order valence-corrected chi connectivity index (χ0v) is 13.5. The maximum atomic E-state index is 4.70. The zero-order valence-electron chi connectivity index (χ0n) is 13.5. The van der Waals surface area contributed by atoms with E-state index in [1.165, 1.54) is 24.3 Å². The summed E-state index contributed by atoms with van der Waals surface area (Å²) < 4.78 is 0. The smallest absolute Gasteiger partial charge is 0.0473 e. The lowest BCUT2D eigenvalue weighted by Gasteiger charge is -2.17. The van der Waals surface area contributed by atoms with Crippen LogP contribution in [0.4, 0.5) is 0 Å². The van der Waals surface area contributed by atoms with Crippen molar-refractivity contribution in [2.24, 2.45) is 15.9 Å². The fourth-order valence-electron chi connectivity index (χ4n) is 2.30. The average molecular weight is 252 g/mol. The number of hydrogen-bond acceptors (Lipinski definition) is 2. The van der Waals surface area contributed by atoms with Gasteiger partial charge in [-0.25, -0.2) is 0 Å². The van der Waals surface area contributed by atoms with Crippen LogP contribution in [0.1, 0.15) is 74.1 Å². The predicted octanol–water partition coefficient (Wildman–Crippen LogP) is 4.92. The summed E-state index contributed by atoms with van der Waals surface area (Å²) in [5.41, 5.74) is 2.53. The highest BCUT2D eigenvalue weighted by atomic mass is 14.8. The van der Waals surface area contributed by atoms with Gasteiger partial charge in [0.15, 0.2) is 0 Å². The molecule has 2 nitrogen and oxygen atoms in total. The number of aliphatic imine (C=N–C) groups is 2. The summed E-state index contributed by atoms with van der Waals surface area (Å²) in [5.74, 6) is 0.691. The van der Waals surface area contributed by atoms with E-state index in [1.54, 1.807) is 0 Å². The van der Waals surface area contributed by atoms with Crippen molar-refractivity contribution >= 4 is 11.4 Å². The normalized spacial score (nSPS) is 18.6. The quantitative estimate of drug-likeness (QED) is 0.548. The van der Waals surface area contributed by atoms with Crippen molar-refractivity contribution in [2.75, 3.05) is 0 Å². The highest BCUT2D eigenvalue weighted by Crippen LogP contribution is 2.17. The Labute approximate surface area is 114 Å². The Morgan fingerprint density at radius 1 is 0.778 bits per heavy atom. The molecule has 0 bridgehead atoms. The molecule has 106 valence electrons. The Kier molecular flexibility index (Phi) is 8.95. The van der Waals surface area contributed by atoms with Crippen LogP contribution in [0, 0.1) is 5.92 Å². The predicted molar refractivity (Wildman–Crippen MR) is 84.1 cm³/mol. The van der Waals surface area contributed by atoms with Crippen LogP contribution in [0.15, 0.2) is 9.98 Å². The standard InChI is InChI=1S/C16H32N2/c1-8-13(4)17-15(6)10-12(3)11-16(7)18-14(5)9-2/h12,15-16H,8-11H2,1-7H3/b17-13+,18-14?. The van der Waals surface area contributed by atoms with Gasteiger partial charge in [-0.05, 0) is 59.3 Å². The van der Waals surface area contributed by atoms with Gasteiger partial charge < -0.3 is 0 Å². The van der Waals surface area contributed by atoms with Crippen molar-refractivity contribution in [1.29, 1.82) is 0 Å². The Morgan fingerprint density at radius 3 is 1.39 bits per heavy atom. The topological polar surface area (TPSA) is 24.7 Å². The zero-order chi connectivity index (χ0) is 14.1. The number of rotatable bonds is 8. The maximum absolute atomic E-state index is 4.70. The maximum Gasteiger partial charge on any atom is 0.0473 e. The van der Waals surface area contributed by atoms with Gasteiger partial charge in [-0.3, -0.25) is 9.98 Å². The molecule has 18 heavy (non-hydrogen) atoms. The van der Waals surface area contributed by atoms with Crippen LogP contribution in [0.3, 0.4) is 0 Å². The van der Waals surface area contributed by atoms with E-state index in [0.717, 1.165) is 12.8 Å². The minimum atomic E-state index is 0.448. The van der Waals surface area contributed by atoms with Crippen molar-refractivity contribution in [3.8, 4) is 0 Å². The molecule has 0 aromatic carbocycles. The molecule has 0 heterocycles. The molecule has 0 saturated heterocycles. The molecule has 0 rings (SSSR count). The van der Waals surface area contributed by atoms with Gasteiger partial charge in [0.1, 0.15) is 0 Å². The summed E-state index contributed by atoms with van der Waals surface area (Å²) in [4.78, 5) is 9.40. The van der Waals surface area contributed by atoms with E-state index in [1.807, 2.05) is 0 Å². The molecule has 0 fully saturated rings. The first-order valence-corrected chi connectivity index (χ1v) is 7.45. The molecule has 0 radical (unpaired) electrons. The largest absolute Gasteiger partial charge is 0.291 e. The molecule has 0 saturated carbocycles. The van der Waals surface area contributed by atoms with Crippen molar-refractivity contribution in [1.82, 2.24) is 0 Å². The lowest BCUT2D eigenvalue weighted by atomic mass is 9.96. The third kappa shape index (κ3) is 8.43. The van der Waals surface area contributed by atoms with Crippen LogP contribution in [0.25, 0.3) is 0 Å². The van der Waals surface area contributed by atoms with E-state index in [9.17, 15) is 0 Å². The average Bonchev–Trinajstić information content (AvgIpc) is 2.27. The van der Waals surface area contributed by atoms with Crippen molar-refractivity contribution in [3.63, 3.8) is 0 Å². The fourth-order valence-corrected chi connectivity index (χ4v) is 2.30. The molecule has 0 aliphatic heterocycles. The molecular formula is C16H32N2. The van der Waals surface area contributed by atoms with E-state index >= 15 is 0 Å². The van der Waals surface area contributed by atoms with Gasteiger partial charge in [-0.2, -0.15) is 0 Å². The van der Waals surface area contributed by atoms with E-state index < -0.39 is 0 Å². The minimum absolute atomic E-state index is 0.448. The van der Waals surface area contributed by atoms with Crippen molar-refractivity contribution in [2.45, 2.75) is 86.2 Å². The number of nitrogens with zero attached hydrogens (tertiary/aromatic N) is 2. The SMILES string of the molecule is CCC(C)=NC(C)CC(C)CC(C)/N=C(\C)CC. The van der Waals surface area contributed by atoms with Gasteiger partial charge in [-0.1, -0.05) is 20.8 Å². The molecule has 0 aliphatic rings. The minimum Gasteiger partial charge on any atom is -0.291 e. The van der Waals surface area contributed by atoms with Crippen LogP contribution in [-0.2, 0) is 0 Å². The van der Waals surface area contributed by atoms with Crippen LogP contribution < -0.4 is 0 Å². The van der Waals surface area contributed by atoms with Gasteiger partial charge in [0, 0.05) is 23.5 Å². The van der Waals surface area contributed by atoms with Crippen LogP contribution in [0.5, 0.6) is 0 Å². The van der Waals surface area contributed by atoms with Crippen LogP contribution in [0.2, 0.25) is 0 Å². The van der Waals surface area contributed by atoms with Crippen LogP contribution in [-0.4, -0.2) is 23.5 Å². The third-order valence-electron chi connectivity index (χ3n) is 3.39. The highest BCUT2D eigenvalue weighted by Gasteiger charge is 2.11. The van der Waals surface area contributed by atoms with Gasteiger partial charge in [0.25, 0.3) is 0 Å². The molecular weight excluding hydrogens is 220 g/mol. The highest BCUT2D eigenvalue weighted by molar-refractivity contribution is 5.82. The Balaban J connectivity index is 4.15. The molecule has 0 aromatic heterocycles. The molecule has 0 spiro atoms. The summed E-state index contributed by atoms with van der Waals surface area (Å²) in [6.45, 7) is 15.3. The first kappa shape index (κ1) is 17.3. The van der Waals surface area contributed by atoms with E-state index in [4.69, 9.17) is 9.98 Å². The molecule has 0 amide bonds. The fraction of sp³-hybridized carbons (Fsp3) is 0.875. The first-order chi connectivity index (χ1) is 8.38. The molecule has 0 aliphatic carbocycles. The Hall–Kier alpha value is -0.660. The van der Waals surface area contributed by atoms with Crippen LogP contribution >= 0.6 is 0 Å². The van der Waals surface area contributed by atoms with Gasteiger partial charge in [-0.15, -0.1) is 0 Å². The van der Waals surface area contributed by atoms with Crippen molar-refractivity contribution < 1.29 is 0 Å². The second-order valence-electron chi connectivity index (χ2n) is 5.71. The first-order valence-electron chi connectivity index (χ1n) is 7.45. The summed E-state index contributed by atoms with van der Waals surface area (Å²) in [6.07, 6.45) is 4.47. The summed E-state index contributed by atoms with van der Waals surface area (Å²) in [7, 11) is 0. The second kappa shape index (κ2) is 9.29. The Bertz CT molecular complexity index is 251. The van der Waals surface area contributed by atoms with E-state index in [-0.39, 0.29) is 0 Å². The van der Waals surface area contributed by atoms with E-state index in [2.05, 4.69) is 48.5 Å². The second-order valence-corrected chi connectivity index (χ2v) is 5.71.